The second-order valence-corrected chi connectivity index (χ2v) is 3.95. The van der Waals surface area contributed by atoms with E-state index in [0.29, 0.717) is 10.6 Å². The Morgan fingerprint density at radius 2 is 1.93 bits per heavy atom. The summed E-state index contributed by atoms with van der Waals surface area (Å²) < 4.78 is 4.94. The van der Waals surface area contributed by atoms with Crippen LogP contribution in [0.2, 0.25) is 15.1 Å². The van der Waals surface area contributed by atoms with E-state index in [1.165, 1.54) is 0 Å². The number of aryl methyl sites for hydroxylation is 1. The Labute approximate surface area is 102 Å². The van der Waals surface area contributed by atoms with Crippen molar-refractivity contribution in [3.05, 3.63) is 26.7 Å². The van der Waals surface area contributed by atoms with Crippen molar-refractivity contribution < 1.29 is 14.6 Å². The van der Waals surface area contributed by atoms with Crippen molar-refractivity contribution >= 4 is 40.8 Å². The monoisotopic (exact) mass is 268 g/mol. The van der Waals surface area contributed by atoms with Gasteiger partial charge in [-0.05, 0) is 18.6 Å². The molecular formula is C9H7Cl3O3. The minimum absolute atomic E-state index is 0.119. The molecule has 0 unspecified atom stereocenters. The van der Waals surface area contributed by atoms with Crippen LogP contribution >= 0.6 is 34.8 Å². The third kappa shape index (κ3) is 2.91. The molecule has 1 N–H and O–H groups in total. The third-order valence-electron chi connectivity index (χ3n) is 1.65. The molecule has 0 saturated carbocycles. The topological polar surface area (TPSA) is 46.5 Å². The third-order valence-corrected chi connectivity index (χ3v) is 3.08. The number of ether oxygens (including phenoxy) is 1. The molecule has 0 aliphatic carbocycles. The van der Waals surface area contributed by atoms with E-state index >= 15 is 0 Å². The molecule has 1 aromatic rings. The van der Waals surface area contributed by atoms with Crippen LogP contribution in [0, 0.1) is 6.92 Å². The molecule has 0 fully saturated rings. The van der Waals surface area contributed by atoms with Crippen LogP contribution in [0.4, 0.5) is 0 Å². The fraction of sp³-hybridized carbons (Fsp3) is 0.222. The summed E-state index contributed by atoms with van der Waals surface area (Å²) in [7, 11) is 0. The molecule has 0 bridgehead atoms. The number of carboxylic acid groups (broad SMARTS) is 1. The molecule has 0 heterocycles. The van der Waals surface area contributed by atoms with Gasteiger partial charge in [0.05, 0.1) is 10.0 Å². The first-order valence-corrected chi connectivity index (χ1v) is 5.05. The molecule has 1 aromatic carbocycles. The molecule has 0 spiro atoms. The molecule has 6 heteroatoms. The van der Waals surface area contributed by atoms with Crippen molar-refractivity contribution in [2.24, 2.45) is 0 Å². The lowest BCUT2D eigenvalue weighted by atomic mass is 10.2. The average molecular weight is 270 g/mol. The minimum Gasteiger partial charge on any atom is -0.480 e. The quantitative estimate of drug-likeness (QED) is 0.855. The number of aliphatic carboxylic acids is 1. The highest BCUT2D eigenvalue weighted by Gasteiger charge is 2.13. The summed E-state index contributed by atoms with van der Waals surface area (Å²) in [6, 6.07) is 1.54. The van der Waals surface area contributed by atoms with Gasteiger partial charge in [0, 0.05) is 0 Å². The van der Waals surface area contributed by atoms with E-state index in [2.05, 4.69) is 0 Å². The van der Waals surface area contributed by atoms with Crippen molar-refractivity contribution in [2.75, 3.05) is 6.61 Å². The SMILES string of the molecule is Cc1cc(OCC(=O)O)c(Cl)c(Cl)c1Cl. The minimum atomic E-state index is -1.09. The van der Waals surface area contributed by atoms with Crippen LogP contribution < -0.4 is 4.74 Å². The molecule has 15 heavy (non-hydrogen) atoms. The van der Waals surface area contributed by atoms with Crippen LogP contribution in [-0.4, -0.2) is 17.7 Å². The lowest BCUT2D eigenvalue weighted by Gasteiger charge is -2.10. The number of benzene rings is 1. The predicted molar refractivity (Wildman–Crippen MR) is 59.3 cm³/mol. The summed E-state index contributed by atoms with van der Waals surface area (Å²) in [6.07, 6.45) is 0. The van der Waals surface area contributed by atoms with E-state index in [4.69, 9.17) is 44.6 Å². The van der Waals surface area contributed by atoms with Gasteiger partial charge in [0.1, 0.15) is 10.8 Å². The average Bonchev–Trinajstić information content (AvgIpc) is 2.18. The molecule has 1 rings (SSSR count). The highest BCUT2D eigenvalue weighted by molar-refractivity contribution is 6.48. The largest absolute Gasteiger partial charge is 0.480 e. The van der Waals surface area contributed by atoms with Crippen molar-refractivity contribution in [1.82, 2.24) is 0 Å². The summed E-state index contributed by atoms with van der Waals surface area (Å²) in [4.78, 5) is 10.3. The van der Waals surface area contributed by atoms with Crippen molar-refractivity contribution in [2.45, 2.75) is 6.92 Å². The second-order valence-electron chi connectivity index (χ2n) is 2.82. The summed E-state index contributed by atoms with van der Waals surface area (Å²) in [6.45, 7) is 1.25. The first-order valence-electron chi connectivity index (χ1n) is 3.92. The maximum absolute atomic E-state index is 10.3. The van der Waals surface area contributed by atoms with Gasteiger partial charge in [-0.25, -0.2) is 4.79 Å². The first-order chi connectivity index (χ1) is 6.93. The molecular weight excluding hydrogens is 262 g/mol. The Balaban J connectivity index is 3.04. The summed E-state index contributed by atoms with van der Waals surface area (Å²) in [5.41, 5.74) is 0.673. The van der Waals surface area contributed by atoms with Gasteiger partial charge in [-0.2, -0.15) is 0 Å². The van der Waals surface area contributed by atoms with Gasteiger partial charge in [0.25, 0.3) is 0 Å². The number of rotatable bonds is 3. The Bertz CT molecular complexity index is 404. The van der Waals surface area contributed by atoms with Crippen LogP contribution in [0.5, 0.6) is 5.75 Å². The van der Waals surface area contributed by atoms with Crippen LogP contribution in [-0.2, 0) is 4.79 Å². The van der Waals surface area contributed by atoms with Crippen LogP contribution in [0.25, 0.3) is 0 Å². The van der Waals surface area contributed by atoms with Crippen molar-refractivity contribution in [3.8, 4) is 5.75 Å². The number of hydrogen-bond acceptors (Lipinski definition) is 2. The van der Waals surface area contributed by atoms with Crippen molar-refractivity contribution in [3.63, 3.8) is 0 Å². The van der Waals surface area contributed by atoms with Crippen molar-refractivity contribution in [1.29, 1.82) is 0 Å². The first kappa shape index (κ1) is 12.4. The highest BCUT2D eigenvalue weighted by Crippen LogP contribution is 2.39. The summed E-state index contributed by atoms with van der Waals surface area (Å²) in [5.74, 6) is -0.874. The molecule has 0 aliphatic heterocycles. The fourth-order valence-electron chi connectivity index (χ4n) is 0.946. The van der Waals surface area contributed by atoms with Gasteiger partial charge in [-0.1, -0.05) is 34.8 Å². The maximum Gasteiger partial charge on any atom is 0.341 e. The molecule has 82 valence electrons. The Morgan fingerprint density at radius 1 is 1.33 bits per heavy atom. The lowest BCUT2D eigenvalue weighted by Crippen LogP contribution is -2.09. The number of carboxylic acids is 1. The van der Waals surface area contributed by atoms with E-state index < -0.39 is 12.6 Å². The Kier molecular flexibility index (Phi) is 4.08. The molecule has 0 amide bonds. The number of hydrogen-bond donors (Lipinski definition) is 1. The molecule has 3 nitrogen and oxygen atoms in total. The molecule has 0 saturated heterocycles. The van der Waals surface area contributed by atoms with Gasteiger partial charge < -0.3 is 9.84 Å². The highest BCUT2D eigenvalue weighted by atomic mass is 35.5. The van der Waals surface area contributed by atoms with E-state index in [-0.39, 0.29) is 15.8 Å². The smallest absolute Gasteiger partial charge is 0.341 e. The van der Waals surface area contributed by atoms with Crippen LogP contribution in [0.1, 0.15) is 5.56 Å². The zero-order valence-electron chi connectivity index (χ0n) is 7.68. The Morgan fingerprint density at radius 3 is 2.47 bits per heavy atom. The predicted octanol–water partition coefficient (Wildman–Crippen LogP) is 3.42. The number of carbonyl (C=O) groups is 1. The maximum atomic E-state index is 10.3. The normalized spacial score (nSPS) is 10.1. The van der Waals surface area contributed by atoms with Gasteiger partial charge in [0.15, 0.2) is 6.61 Å². The fourth-order valence-corrected chi connectivity index (χ4v) is 1.59. The molecule has 0 aromatic heterocycles. The molecule has 0 aliphatic rings. The standard InChI is InChI=1S/C9H7Cl3O3/c1-4-2-5(15-3-6(13)14)8(11)9(12)7(4)10/h2H,3H2,1H3,(H,13,14). The van der Waals surface area contributed by atoms with Gasteiger partial charge >= 0.3 is 5.97 Å². The second kappa shape index (κ2) is 4.92. The summed E-state index contributed by atoms with van der Waals surface area (Å²) >= 11 is 17.5. The van der Waals surface area contributed by atoms with E-state index in [1.54, 1.807) is 13.0 Å². The van der Waals surface area contributed by atoms with E-state index in [0.717, 1.165) is 0 Å². The van der Waals surface area contributed by atoms with Crippen LogP contribution in [0.15, 0.2) is 6.07 Å². The summed E-state index contributed by atoms with van der Waals surface area (Å²) in [5, 5.41) is 9.05. The van der Waals surface area contributed by atoms with Crippen LogP contribution in [0.3, 0.4) is 0 Å². The van der Waals surface area contributed by atoms with E-state index in [9.17, 15) is 4.79 Å². The Hall–Kier alpha value is -0.640. The lowest BCUT2D eigenvalue weighted by molar-refractivity contribution is -0.139. The zero-order chi connectivity index (χ0) is 11.6. The van der Waals surface area contributed by atoms with Gasteiger partial charge in [-0.3, -0.25) is 0 Å². The molecule has 0 atom stereocenters. The van der Waals surface area contributed by atoms with Gasteiger partial charge in [0.2, 0.25) is 0 Å². The number of halogens is 3. The van der Waals surface area contributed by atoms with E-state index in [1.807, 2.05) is 0 Å². The molecule has 0 radical (unpaired) electrons. The van der Waals surface area contributed by atoms with Gasteiger partial charge in [-0.15, -0.1) is 0 Å². The zero-order valence-corrected chi connectivity index (χ0v) is 9.95.